The van der Waals surface area contributed by atoms with Crippen LogP contribution < -0.4 is 10.6 Å². The first-order chi connectivity index (χ1) is 17.5. The molecule has 4 saturated carbocycles. The van der Waals surface area contributed by atoms with Crippen LogP contribution in [0.4, 0.5) is 0 Å². The van der Waals surface area contributed by atoms with Gasteiger partial charge in [0.05, 0.1) is 16.4 Å². The molecule has 1 aromatic heterocycles. The molecule has 4 aliphatic carbocycles. The minimum Gasteiger partial charge on any atom is -0.349 e. The molecule has 3 aromatic rings. The second-order valence-electron chi connectivity index (χ2n) is 10.9. The number of rotatable bonds is 7. The van der Waals surface area contributed by atoms with Gasteiger partial charge in [-0.3, -0.25) is 4.79 Å². The lowest BCUT2D eigenvalue weighted by molar-refractivity contribution is -0.0133. The maximum Gasteiger partial charge on any atom is 0.272 e. The summed E-state index contributed by atoms with van der Waals surface area (Å²) in [4.78, 5) is 13.3. The molecule has 0 aliphatic heterocycles. The number of aromatic nitrogens is 2. The summed E-state index contributed by atoms with van der Waals surface area (Å²) in [6.07, 6.45) is 7.03. The van der Waals surface area contributed by atoms with E-state index in [2.05, 4.69) is 10.6 Å². The van der Waals surface area contributed by atoms with Crippen molar-refractivity contribution in [2.75, 3.05) is 13.1 Å². The number of halogens is 2. The van der Waals surface area contributed by atoms with Crippen molar-refractivity contribution in [1.29, 1.82) is 0 Å². The van der Waals surface area contributed by atoms with Crippen LogP contribution in [0.15, 0.2) is 48.5 Å². The second kappa shape index (κ2) is 9.85. The highest BCUT2D eigenvalue weighted by molar-refractivity contribution is 6.35. The van der Waals surface area contributed by atoms with Crippen LogP contribution in [0.2, 0.25) is 10.0 Å². The van der Waals surface area contributed by atoms with Crippen molar-refractivity contribution >= 4 is 29.1 Å². The molecule has 4 aliphatic rings. The van der Waals surface area contributed by atoms with Crippen LogP contribution in [0.3, 0.4) is 0 Å². The molecule has 7 heteroatoms. The SMILES string of the molecule is Cc1c(C(=O)NCCNC2C3CC4CC(C3)CC2C4)nn(-c2ccc(Cl)cc2Cl)c1-c1ccccc1. The zero-order valence-electron chi connectivity index (χ0n) is 20.5. The topological polar surface area (TPSA) is 59.0 Å². The number of nitrogens with zero attached hydrogens (tertiary/aromatic N) is 2. The minimum absolute atomic E-state index is 0.166. The minimum atomic E-state index is -0.166. The molecule has 1 heterocycles. The summed E-state index contributed by atoms with van der Waals surface area (Å²) >= 11 is 12.7. The molecule has 7 rings (SSSR count). The third kappa shape index (κ3) is 4.46. The summed E-state index contributed by atoms with van der Waals surface area (Å²) in [6, 6.07) is 15.9. The smallest absolute Gasteiger partial charge is 0.272 e. The van der Waals surface area contributed by atoms with Crippen LogP contribution in [-0.2, 0) is 0 Å². The Hall–Kier alpha value is -2.34. The van der Waals surface area contributed by atoms with Gasteiger partial charge >= 0.3 is 0 Å². The van der Waals surface area contributed by atoms with E-state index in [-0.39, 0.29) is 5.91 Å². The summed E-state index contributed by atoms with van der Waals surface area (Å²) in [6.45, 7) is 3.31. The van der Waals surface area contributed by atoms with Crippen molar-refractivity contribution < 1.29 is 4.79 Å². The zero-order chi connectivity index (χ0) is 24.8. The van der Waals surface area contributed by atoms with E-state index in [1.165, 1.54) is 32.1 Å². The van der Waals surface area contributed by atoms with Crippen molar-refractivity contribution in [1.82, 2.24) is 20.4 Å². The molecule has 1 amide bonds. The molecule has 2 aromatic carbocycles. The predicted molar refractivity (Wildman–Crippen MR) is 145 cm³/mol. The van der Waals surface area contributed by atoms with E-state index in [0.717, 1.165) is 47.0 Å². The van der Waals surface area contributed by atoms with E-state index in [9.17, 15) is 4.79 Å². The summed E-state index contributed by atoms with van der Waals surface area (Å²) in [7, 11) is 0. The maximum atomic E-state index is 13.3. The molecule has 4 bridgehead atoms. The Morgan fingerprint density at radius 3 is 2.33 bits per heavy atom. The summed E-state index contributed by atoms with van der Waals surface area (Å²) in [5.41, 5.74) is 3.73. The molecular weight excluding hydrogens is 491 g/mol. The van der Waals surface area contributed by atoms with Crippen LogP contribution in [0.5, 0.6) is 0 Å². The Balaban J connectivity index is 1.18. The van der Waals surface area contributed by atoms with E-state index in [4.69, 9.17) is 28.3 Å². The van der Waals surface area contributed by atoms with Gasteiger partial charge in [-0.05, 0) is 80.9 Å². The Kier molecular flexibility index (Phi) is 6.57. The average Bonchev–Trinajstić information content (AvgIpc) is 3.20. The van der Waals surface area contributed by atoms with Crippen LogP contribution in [-0.4, -0.2) is 34.8 Å². The third-order valence-corrected chi connectivity index (χ3v) is 9.08. The van der Waals surface area contributed by atoms with Crippen LogP contribution in [0.25, 0.3) is 16.9 Å². The standard InChI is InChI=1S/C29H32Cl2N4O/c1-17-26(29(36)33-10-9-32-27-21-12-18-11-19(14-21)15-22(27)13-18)34-35(25-8-7-23(30)16-24(25)31)28(17)20-5-3-2-4-6-20/h2-8,16,18-19,21-22,27,32H,9-15H2,1H3,(H,33,36). The molecule has 2 N–H and O–H groups in total. The molecular formula is C29H32Cl2N4O. The fraction of sp³-hybridized carbons (Fsp3) is 0.448. The zero-order valence-corrected chi connectivity index (χ0v) is 22.0. The number of hydrogen-bond donors (Lipinski definition) is 2. The lowest BCUT2D eigenvalue weighted by atomic mass is 9.54. The van der Waals surface area contributed by atoms with Crippen molar-refractivity contribution in [3.05, 3.63) is 69.8 Å². The van der Waals surface area contributed by atoms with Crippen LogP contribution in [0.1, 0.15) is 48.2 Å². The first-order valence-electron chi connectivity index (χ1n) is 13.1. The van der Waals surface area contributed by atoms with Gasteiger partial charge in [-0.15, -0.1) is 0 Å². The van der Waals surface area contributed by atoms with Gasteiger partial charge in [0.2, 0.25) is 0 Å². The lowest BCUT2D eigenvalue weighted by Gasteiger charge is -2.54. The fourth-order valence-electron chi connectivity index (χ4n) is 7.23. The maximum absolute atomic E-state index is 13.3. The van der Waals surface area contributed by atoms with Crippen LogP contribution >= 0.6 is 23.2 Å². The second-order valence-corrected chi connectivity index (χ2v) is 11.7. The molecule has 0 unspecified atom stereocenters. The van der Waals surface area contributed by atoms with Gasteiger partial charge in [0.1, 0.15) is 0 Å². The molecule has 0 radical (unpaired) electrons. The Bertz CT molecular complexity index is 1240. The number of hydrogen-bond acceptors (Lipinski definition) is 3. The quantitative estimate of drug-likeness (QED) is 0.358. The largest absolute Gasteiger partial charge is 0.349 e. The summed E-state index contributed by atoms with van der Waals surface area (Å²) < 4.78 is 1.75. The average molecular weight is 524 g/mol. The summed E-state index contributed by atoms with van der Waals surface area (Å²) in [5, 5.41) is 12.7. The van der Waals surface area contributed by atoms with Gasteiger partial charge in [0.15, 0.2) is 5.69 Å². The van der Waals surface area contributed by atoms with Crippen molar-refractivity contribution in [2.45, 2.75) is 45.1 Å². The van der Waals surface area contributed by atoms with E-state index in [1.54, 1.807) is 16.8 Å². The third-order valence-electron chi connectivity index (χ3n) is 8.54. The van der Waals surface area contributed by atoms with Crippen molar-refractivity contribution in [3.8, 4) is 16.9 Å². The van der Waals surface area contributed by atoms with Crippen LogP contribution in [0, 0.1) is 30.6 Å². The van der Waals surface area contributed by atoms with E-state index >= 15 is 0 Å². The van der Waals surface area contributed by atoms with Gasteiger partial charge < -0.3 is 10.6 Å². The molecule has 5 nitrogen and oxygen atoms in total. The molecule has 0 atom stereocenters. The van der Waals surface area contributed by atoms with Gasteiger partial charge in [0.25, 0.3) is 5.91 Å². The highest BCUT2D eigenvalue weighted by Gasteiger charge is 2.47. The van der Waals surface area contributed by atoms with E-state index in [0.29, 0.717) is 34.0 Å². The molecule has 0 saturated heterocycles. The number of benzene rings is 2. The summed E-state index contributed by atoms with van der Waals surface area (Å²) in [5.74, 6) is 3.42. The Morgan fingerprint density at radius 1 is 0.972 bits per heavy atom. The number of nitrogens with one attached hydrogen (secondary N) is 2. The van der Waals surface area contributed by atoms with Crippen molar-refractivity contribution in [3.63, 3.8) is 0 Å². The van der Waals surface area contributed by atoms with E-state index in [1.807, 2.05) is 43.3 Å². The molecule has 4 fully saturated rings. The molecule has 0 spiro atoms. The highest BCUT2D eigenvalue weighted by atomic mass is 35.5. The van der Waals surface area contributed by atoms with E-state index < -0.39 is 0 Å². The molecule has 36 heavy (non-hydrogen) atoms. The normalized spacial score (nSPS) is 26.4. The van der Waals surface area contributed by atoms with Gasteiger partial charge in [-0.1, -0.05) is 53.5 Å². The highest BCUT2D eigenvalue weighted by Crippen LogP contribution is 2.53. The molecule has 188 valence electrons. The monoisotopic (exact) mass is 522 g/mol. The Labute approximate surface area is 222 Å². The van der Waals surface area contributed by atoms with Gasteiger partial charge in [-0.25, -0.2) is 4.68 Å². The van der Waals surface area contributed by atoms with Gasteiger partial charge in [-0.2, -0.15) is 5.10 Å². The number of amides is 1. The first kappa shape index (κ1) is 24.0. The van der Waals surface area contributed by atoms with Gasteiger partial charge in [0, 0.05) is 35.3 Å². The van der Waals surface area contributed by atoms with Crippen molar-refractivity contribution in [2.24, 2.45) is 23.7 Å². The number of carbonyl (C=O) groups excluding carboxylic acids is 1. The number of carbonyl (C=O) groups is 1. The predicted octanol–water partition coefficient (Wildman–Crippen LogP) is 6.30. The fourth-order valence-corrected chi connectivity index (χ4v) is 7.72. The Morgan fingerprint density at radius 2 is 1.67 bits per heavy atom. The lowest BCUT2D eigenvalue weighted by Crippen LogP contribution is -2.55. The first-order valence-corrected chi connectivity index (χ1v) is 13.9.